The molecule has 1 heterocycles. The normalized spacial score (nSPS) is 11.2. The van der Waals surface area contributed by atoms with Gasteiger partial charge in [0, 0.05) is 5.56 Å². The Morgan fingerprint density at radius 3 is 2.52 bits per heavy atom. The van der Waals surface area contributed by atoms with E-state index >= 15 is 0 Å². The average Bonchev–Trinajstić information content (AvgIpc) is 2.45. The molecule has 0 aliphatic carbocycles. The maximum absolute atomic E-state index is 12.9. The minimum absolute atomic E-state index is 0.142. The number of ether oxygens (including phenoxy) is 1. The summed E-state index contributed by atoms with van der Waals surface area (Å²) < 4.78 is 43.5. The van der Waals surface area contributed by atoms with Gasteiger partial charge in [0.1, 0.15) is 11.4 Å². The number of rotatable bonds is 3. The van der Waals surface area contributed by atoms with Crippen LogP contribution in [0, 0.1) is 0 Å². The predicted molar refractivity (Wildman–Crippen MR) is 68.2 cm³/mol. The van der Waals surface area contributed by atoms with Crippen molar-refractivity contribution in [3.8, 4) is 17.0 Å². The number of halogens is 3. The van der Waals surface area contributed by atoms with E-state index in [-0.39, 0.29) is 22.7 Å². The summed E-state index contributed by atoms with van der Waals surface area (Å²) in [4.78, 5) is 14.7. The number of hydrogen-bond donors (Lipinski definition) is 1. The topological polar surface area (TPSA) is 59.4 Å². The van der Waals surface area contributed by atoms with E-state index < -0.39 is 17.7 Å². The van der Waals surface area contributed by atoms with Crippen LogP contribution < -0.4 is 4.74 Å². The number of nitrogens with zero attached hydrogens (tertiary/aromatic N) is 1. The SMILES string of the molecule is COc1ccc(-c2cccc(C(=O)O)n2)cc1C(F)(F)F. The first kappa shape index (κ1) is 14.8. The van der Waals surface area contributed by atoms with E-state index in [0.717, 1.165) is 13.2 Å². The van der Waals surface area contributed by atoms with Crippen molar-refractivity contribution in [3.05, 3.63) is 47.7 Å². The number of carboxylic acid groups (broad SMARTS) is 1. The van der Waals surface area contributed by atoms with Gasteiger partial charge in [0.15, 0.2) is 0 Å². The Kier molecular flexibility index (Phi) is 3.84. The molecule has 110 valence electrons. The fourth-order valence-corrected chi connectivity index (χ4v) is 1.80. The van der Waals surface area contributed by atoms with Crippen molar-refractivity contribution in [3.63, 3.8) is 0 Å². The third-order valence-corrected chi connectivity index (χ3v) is 2.77. The van der Waals surface area contributed by atoms with Crippen molar-refractivity contribution in [2.75, 3.05) is 7.11 Å². The zero-order chi connectivity index (χ0) is 15.6. The Balaban J connectivity index is 2.55. The summed E-state index contributed by atoms with van der Waals surface area (Å²) in [5.74, 6) is -1.55. The Bertz CT molecular complexity index is 683. The van der Waals surface area contributed by atoms with Gasteiger partial charge >= 0.3 is 12.1 Å². The number of aromatic carboxylic acids is 1. The highest BCUT2D eigenvalue weighted by atomic mass is 19.4. The molecule has 2 aromatic rings. The predicted octanol–water partition coefficient (Wildman–Crippen LogP) is 3.47. The van der Waals surface area contributed by atoms with Gasteiger partial charge in [-0.1, -0.05) is 6.07 Å². The lowest BCUT2D eigenvalue weighted by Gasteiger charge is -2.13. The molecule has 4 nitrogen and oxygen atoms in total. The molecule has 2 rings (SSSR count). The Hall–Kier alpha value is -2.57. The van der Waals surface area contributed by atoms with Gasteiger partial charge in [-0.2, -0.15) is 13.2 Å². The lowest BCUT2D eigenvalue weighted by Crippen LogP contribution is -2.08. The van der Waals surface area contributed by atoms with Crippen molar-refractivity contribution in [2.24, 2.45) is 0 Å². The third kappa shape index (κ3) is 3.13. The lowest BCUT2D eigenvalue weighted by atomic mass is 10.1. The molecule has 0 fully saturated rings. The molecule has 0 amide bonds. The van der Waals surface area contributed by atoms with Gasteiger partial charge in [-0.05, 0) is 30.3 Å². The molecule has 0 unspecified atom stereocenters. The quantitative estimate of drug-likeness (QED) is 0.942. The van der Waals surface area contributed by atoms with Crippen LogP contribution in [-0.2, 0) is 6.18 Å². The number of hydrogen-bond acceptors (Lipinski definition) is 3. The molecule has 1 aromatic heterocycles. The summed E-state index contributed by atoms with van der Waals surface area (Å²) in [6.07, 6.45) is -4.58. The molecule has 1 aromatic carbocycles. The van der Waals surface area contributed by atoms with E-state index in [4.69, 9.17) is 9.84 Å². The second-order valence-corrected chi connectivity index (χ2v) is 4.13. The van der Waals surface area contributed by atoms with Crippen LogP contribution in [0.15, 0.2) is 36.4 Å². The van der Waals surface area contributed by atoms with E-state index in [1.165, 1.54) is 30.3 Å². The number of carbonyl (C=O) groups is 1. The molecule has 0 aliphatic rings. The van der Waals surface area contributed by atoms with E-state index in [1.807, 2.05) is 0 Å². The highest BCUT2D eigenvalue weighted by molar-refractivity contribution is 5.86. The molecule has 0 radical (unpaired) electrons. The van der Waals surface area contributed by atoms with Crippen molar-refractivity contribution in [1.82, 2.24) is 4.98 Å². The van der Waals surface area contributed by atoms with Crippen LogP contribution in [0.1, 0.15) is 16.1 Å². The molecule has 7 heteroatoms. The lowest BCUT2D eigenvalue weighted by molar-refractivity contribution is -0.138. The summed E-state index contributed by atoms with van der Waals surface area (Å²) in [5.41, 5.74) is -0.879. The molecule has 0 saturated heterocycles. The van der Waals surface area contributed by atoms with E-state index in [1.54, 1.807) is 0 Å². The van der Waals surface area contributed by atoms with Crippen LogP contribution in [0.2, 0.25) is 0 Å². The van der Waals surface area contributed by atoms with Gasteiger partial charge in [-0.25, -0.2) is 9.78 Å². The van der Waals surface area contributed by atoms with Crippen molar-refractivity contribution >= 4 is 5.97 Å². The minimum Gasteiger partial charge on any atom is -0.496 e. The zero-order valence-corrected chi connectivity index (χ0v) is 10.8. The number of alkyl halides is 3. The average molecular weight is 297 g/mol. The van der Waals surface area contributed by atoms with Crippen LogP contribution in [0.4, 0.5) is 13.2 Å². The van der Waals surface area contributed by atoms with Gasteiger partial charge in [-0.3, -0.25) is 0 Å². The first-order valence-corrected chi connectivity index (χ1v) is 5.79. The van der Waals surface area contributed by atoms with Crippen LogP contribution >= 0.6 is 0 Å². The second-order valence-electron chi connectivity index (χ2n) is 4.13. The largest absolute Gasteiger partial charge is 0.496 e. The number of aromatic nitrogens is 1. The molecule has 21 heavy (non-hydrogen) atoms. The summed E-state index contributed by atoms with van der Waals surface area (Å²) in [6.45, 7) is 0. The fraction of sp³-hybridized carbons (Fsp3) is 0.143. The second kappa shape index (κ2) is 5.43. The zero-order valence-electron chi connectivity index (χ0n) is 10.8. The maximum atomic E-state index is 12.9. The molecular weight excluding hydrogens is 287 g/mol. The molecule has 0 bridgehead atoms. The molecule has 0 atom stereocenters. The summed E-state index contributed by atoms with van der Waals surface area (Å²) in [7, 11) is 1.15. The highest BCUT2D eigenvalue weighted by Crippen LogP contribution is 2.38. The Labute approximate surface area is 117 Å². The monoisotopic (exact) mass is 297 g/mol. The van der Waals surface area contributed by atoms with Gasteiger partial charge < -0.3 is 9.84 Å². The molecular formula is C14H10F3NO3. The molecule has 0 aliphatic heterocycles. The molecule has 1 N–H and O–H groups in total. The minimum atomic E-state index is -4.58. The first-order valence-electron chi connectivity index (χ1n) is 5.79. The number of carboxylic acids is 1. The summed E-state index contributed by atoms with van der Waals surface area (Å²) in [6, 6.07) is 7.57. The standard InChI is InChI=1S/C14H10F3NO3/c1-21-12-6-5-8(7-9(12)14(15,16)17)10-3-2-4-11(18-10)13(19)20/h2-7H,1H3,(H,19,20). The van der Waals surface area contributed by atoms with E-state index in [9.17, 15) is 18.0 Å². The van der Waals surface area contributed by atoms with Crippen LogP contribution in [0.3, 0.4) is 0 Å². The third-order valence-electron chi connectivity index (χ3n) is 2.77. The van der Waals surface area contributed by atoms with Crippen molar-refractivity contribution < 1.29 is 27.8 Å². The van der Waals surface area contributed by atoms with Crippen LogP contribution in [-0.4, -0.2) is 23.2 Å². The van der Waals surface area contributed by atoms with Crippen LogP contribution in [0.25, 0.3) is 11.3 Å². The Morgan fingerprint density at radius 2 is 1.95 bits per heavy atom. The van der Waals surface area contributed by atoms with E-state index in [0.29, 0.717) is 0 Å². The van der Waals surface area contributed by atoms with Gasteiger partial charge in [0.2, 0.25) is 0 Å². The van der Waals surface area contributed by atoms with Crippen LogP contribution in [0.5, 0.6) is 5.75 Å². The summed E-state index contributed by atoms with van der Waals surface area (Å²) >= 11 is 0. The van der Waals surface area contributed by atoms with Gasteiger partial charge in [-0.15, -0.1) is 0 Å². The molecule has 0 spiro atoms. The van der Waals surface area contributed by atoms with Crippen molar-refractivity contribution in [2.45, 2.75) is 6.18 Å². The van der Waals surface area contributed by atoms with Crippen molar-refractivity contribution in [1.29, 1.82) is 0 Å². The van der Waals surface area contributed by atoms with E-state index in [2.05, 4.69) is 4.98 Å². The Morgan fingerprint density at radius 1 is 1.24 bits per heavy atom. The fourth-order valence-electron chi connectivity index (χ4n) is 1.80. The number of benzene rings is 1. The first-order chi connectivity index (χ1) is 9.82. The smallest absolute Gasteiger partial charge is 0.419 e. The number of methoxy groups -OCH3 is 1. The number of pyridine rings is 1. The van der Waals surface area contributed by atoms with Gasteiger partial charge in [0.05, 0.1) is 18.4 Å². The molecule has 0 saturated carbocycles. The van der Waals surface area contributed by atoms with Gasteiger partial charge in [0.25, 0.3) is 0 Å². The highest BCUT2D eigenvalue weighted by Gasteiger charge is 2.34. The summed E-state index contributed by atoms with van der Waals surface area (Å²) in [5, 5.41) is 8.86. The maximum Gasteiger partial charge on any atom is 0.419 e.